The van der Waals surface area contributed by atoms with E-state index in [1.54, 1.807) is 11.8 Å². The first-order chi connectivity index (χ1) is 10.7. The number of hydrogen-bond acceptors (Lipinski definition) is 3. The van der Waals surface area contributed by atoms with Gasteiger partial charge in [-0.3, -0.25) is 4.79 Å². The second-order valence-corrected chi connectivity index (χ2v) is 6.46. The lowest BCUT2D eigenvalue weighted by Gasteiger charge is -2.17. The number of nitrogens with one attached hydrogen (secondary N) is 1. The third-order valence-electron chi connectivity index (χ3n) is 3.24. The van der Waals surface area contributed by atoms with Gasteiger partial charge in [0.05, 0.1) is 0 Å². The minimum absolute atomic E-state index is 0.0284. The molecule has 0 aliphatic carbocycles. The van der Waals surface area contributed by atoms with Gasteiger partial charge in [0.2, 0.25) is 5.91 Å². The lowest BCUT2D eigenvalue weighted by molar-refractivity contribution is -0.120. The van der Waals surface area contributed by atoms with E-state index in [1.165, 1.54) is 0 Å². The molecule has 4 heteroatoms. The Bertz CT molecular complexity index is 572. The van der Waals surface area contributed by atoms with Gasteiger partial charge in [0.15, 0.2) is 0 Å². The highest BCUT2D eigenvalue weighted by molar-refractivity contribution is 8.00. The number of rotatable bonds is 7. The van der Waals surface area contributed by atoms with Gasteiger partial charge < -0.3 is 11.1 Å². The van der Waals surface area contributed by atoms with Crippen LogP contribution in [0.15, 0.2) is 65.6 Å². The quantitative estimate of drug-likeness (QED) is 0.770. The molecule has 0 bridgehead atoms. The van der Waals surface area contributed by atoms with Crippen LogP contribution < -0.4 is 11.1 Å². The molecule has 0 spiro atoms. The van der Waals surface area contributed by atoms with E-state index in [-0.39, 0.29) is 17.2 Å². The van der Waals surface area contributed by atoms with E-state index in [9.17, 15) is 4.79 Å². The Balaban J connectivity index is 2.10. The van der Waals surface area contributed by atoms with Crippen molar-refractivity contribution in [2.24, 2.45) is 5.73 Å². The van der Waals surface area contributed by atoms with E-state index in [4.69, 9.17) is 5.73 Å². The van der Waals surface area contributed by atoms with Crippen molar-refractivity contribution >= 4 is 17.7 Å². The smallest absolute Gasteiger partial charge is 0.237 e. The number of thioether (sulfide) groups is 1. The van der Waals surface area contributed by atoms with E-state index in [0.717, 1.165) is 16.9 Å². The molecule has 2 unspecified atom stereocenters. The van der Waals surface area contributed by atoms with E-state index < -0.39 is 0 Å². The first-order valence-electron chi connectivity index (χ1n) is 7.47. The second kappa shape index (κ2) is 8.61. The average Bonchev–Trinajstić information content (AvgIpc) is 2.54. The van der Waals surface area contributed by atoms with Gasteiger partial charge >= 0.3 is 0 Å². The standard InChI is InChI=1S/C18H22N2OS/c1-14(19)12-13-20-18(21)17(15-8-4-2-5-9-15)22-16-10-6-3-7-11-16/h2-11,14,17H,12-13,19H2,1H3,(H,20,21). The van der Waals surface area contributed by atoms with Gasteiger partial charge in [-0.1, -0.05) is 48.5 Å². The van der Waals surface area contributed by atoms with Crippen molar-refractivity contribution in [1.29, 1.82) is 0 Å². The zero-order valence-corrected chi connectivity index (χ0v) is 13.6. The van der Waals surface area contributed by atoms with Crippen LogP contribution in [0.4, 0.5) is 0 Å². The molecule has 0 saturated heterocycles. The maximum absolute atomic E-state index is 12.6. The molecule has 1 amide bonds. The van der Waals surface area contributed by atoms with Crippen molar-refractivity contribution in [2.45, 2.75) is 29.5 Å². The first-order valence-corrected chi connectivity index (χ1v) is 8.34. The minimum atomic E-state index is -0.253. The molecule has 22 heavy (non-hydrogen) atoms. The van der Waals surface area contributed by atoms with E-state index in [1.807, 2.05) is 67.6 Å². The van der Waals surface area contributed by atoms with Crippen molar-refractivity contribution in [2.75, 3.05) is 6.54 Å². The summed E-state index contributed by atoms with van der Waals surface area (Å²) in [7, 11) is 0. The van der Waals surface area contributed by atoms with Crippen molar-refractivity contribution in [1.82, 2.24) is 5.32 Å². The minimum Gasteiger partial charge on any atom is -0.355 e. The summed E-state index contributed by atoms with van der Waals surface area (Å²) < 4.78 is 0. The van der Waals surface area contributed by atoms with Crippen LogP contribution in [0.1, 0.15) is 24.2 Å². The monoisotopic (exact) mass is 314 g/mol. The maximum atomic E-state index is 12.6. The molecule has 116 valence electrons. The highest BCUT2D eigenvalue weighted by Gasteiger charge is 2.21. The molecule has 2 atom stereocenters. The van der Waals surface area contributed by atoms with Crippen molar-refractivity contribution in [3.05, 3.63) is 66.2 Å². The third kappa shape index (κ3) is 5.20. The number of benzene rings is 2. The third-order valence-corrected chi connectivity index (χ3v) is 4.50. The van der Waals surface area contributed by atoms with Gasteiger partial charge in [0, 0.05) is 17.5 Å². The SMILES string of the molecule is CC(N)CCNC(=O)C(Sc1ccccc1)c1ccccc1. The summed E-state index contributed by atoms with van der Waals surface area (Å²) in [6.07, 6.45) is 0.781. The summed E-state index contributed by atoms with van der Waals surface area (Å²) in [6, 6.07) is 20.0. The van der Waals surface area contributed by atoms with Crippen LogP contribution >= 0.6 is 11.8 Å². The fourth-order valence-electron chi connectivity index (χ4n) is 2.05. The van der Waals surface area contributed by atoms with Crippen LogP contribution in [0.25, 0.3) is 0 Å². The predicted molar refractivity (Wildman–Crippen MR) is 92.8 cm³/mol. The molecule has 2 aromatic rings. The van der Waals surface area contributed by atoms with Gasteiger partial charge in [0.25, 0.3) is 0 Å². The van der Waals surface area contributed by atoms with E-state index in [0.29, 0.717) is 6.54 Å². The molecule has 0 aliphatic rings. The number of carbonyl (C=O) groups excluding carboxylic acids is 1. The van der Waals surface area contributed by atoms with Gasteiger partial charge in [0.1, 0.15) is 5.25 Å². The van der Waals surface area contributed by atoms with Crippen molar-refractivity contribution in [3.8, 4) is 0 Å². The Labute approximate surface area is 136 Å². The Hall–Kier alpha value is -1.78. The lowest BCUT2D eigenvalue weighted by Crippen LogP contribution is -2.31. The lowest BCUT2D eigenvalue weighted by atomic mass is 10.1. The normalized spacial score (nSPS) is 13.4. The molecule has 0 radical (unpaired) electrons. The molecule has 2 rings (SSSR count). The Morgan fingerprint density at radius 2 is 1.68 bits per heavy atom. The summed E-state index contributed by atoms with van der Waals surface area (Å²) >= 11 is 1.57. The number of carbonyl (C=O) groups is 1. The van der Waals surface area contributed by atoms with Crippen LogP contribution in [0.3, 0.4) is 0 Å². The van der Waals surface area contributed by atoms with Crippen LogP contribution in [0.5, 0.6) is 0 Å². The topological polar surface area (TPSA) is 55.1 Å². The molecule has 0 saturated carbocycles. The zero-order valence-electron chi connectivity index (χ0n) is 12.7. The van der Waals surface area contributed by atoms with Crippen molar-refractivity contribution < 1.29 is 4.79 Å². The molecule has 0 aromatic heterocycles. The van der Waals surface area contributed by atoms with Crippen LogP contribution in [0.2, 0.25) is 0 Å². The largest absolute Gasteiger partial charge is 0.355 e. The molecule has 0 aliphatic heterocycles. The molecular weight excluding hydrogens is 292 g/mol. The maximum Gasteiger partial charge on any atom is 0.237 e. The summed E-state index contributed by atoms with van der Waals surface area (Å²) in [4.78, 5) is 13.6. The Kier molecular flexibility index (Phi) is 6.49. The fourth-order valence-corrected chi connectivity index (χ4v) is 3.12. The average molecular weight is 314 g/mol. The molecule has 2 aromatic carbocycles. The molecule has 0 heterocycles. The summed E-state index contributed by atoms with van der Waals surface area (Å²) in [6.45, 7) is 2.55. The number of nitrogens with two attached hydrogens (primary N) is 1. The molecule has 0 fully saturated rings. The summed E-state index contributed by atoms with van der Waals surface area (Å²) in [5, 5.41) is 2.74. The first kappa shape index (κ1) is 16.6. The Morgan fingerprint density at radius 1 is 1.09 bits per heavy atom. The summed E-state index contributed by atoms with van der Waals surface area (Å²) in [5.74, 6) is 0.0284. The number of hydrogen-bond donors (Lipinski definition) is 2. The highest BCUT2D eigenvalue weighted by Crippen LogP contribution is 2.35. The van der Waals surface area contributed by atoms with E-state index in [2.05, 4.69) is 5.32 Å². The molecule has 3 N–H and O–H groups in total. The number of amides is 1. The Morgan fingerprint density at radius 3 is 2.27 bits per heavy atom. The fraction of sp³-hybridized carbons (Fsp3) is 0.278. The van der Waals surface area contributed by atoms with Crippen LogP contribution in [0, 0.1) is 0 Å². The van der Waals surface area contributed by atoms with Crippen molar-refractivity contribution in [3.63, 3.8) is 0 Å². The van der Waals surface area contributed by atoms with Gasteiger partial charge in [-0.05, 0) is 31.0 Å². The van der Waals surface area contributed by atoms with Gasteiger partial charge in [-0.25, -0.2) is 0 Å². The van der Waals surface area contributed by atoms with E-state index >= 15 is 0 Å². The molecule has 3 nitrogen and oxygen atoms in total. The van der Waals surface area contributed by atoms with Gasteiger partial charge in [-0.15, -0.1) is 11.8 Å². The van der Waals surface area contributed by atoms with Crippen LogP contribution in [-0.4, -0.2) is 18.5 Å². The van der Waals surface area contributed by atoms with Crippen LogP contribution in [-0.2, 0) is 4.79 Å². The summed E-state index contributed by atoms with van der Waals surface area (Å²) in [5.41, 5.74) is 6.74. The predicted octanol–water partition coefficient (Wildman–Crippen LogP) is 3.37. The highest BCUT2D eigenvalue weighted by atomic mass is 32.2. The van der Waals surface area contributed by atoms with Gasteiger partial charge in [-0.2, -0.15) is 0 Å². The second-order valence-electron chi connectivity index (χ2n) is 5.28. The zero-order chi connectivity index (χ0) is 15.8. The molecular formula is C18H22N2OS.